The largest absolute Gasteiger partial charge is 0.475 e. The zero-order valence-electron chi connectivity index (χ0n) is 8.83. The summed E-state index contributed by atoms with van der Waals surface area (Å²) in [6.45, 7) is 6.24. The van der Waals surface area contributed by atoms with Crippen molar-refractivity contribution in [1.29, 1.82) is 0 Å². The lowest BCUT2D eigenvalue weighted by Crippen LogP contribution is -2.16. The minimum absolute atomic E-state index is 0.233. The van der Waals surface area contributed by atoms with E-state index in [1.54, 1.807) is 0 Å². The van der Waals surface area contributed by atoms with Crippen molar-refractivity contribution in [3.8, 4) is 5.88 Å². The molecule has 0 aliphatic heterocycles. The van der Waals surface area contributed by atoms with E-state index in [4.69, 9.17) is 4.74 Å². The zero-order valence-corrected chi connectivity index (χ0v) is 11.0. The molecule has 0 aliphatic carbocycles. The van der Waals surface area contributed by atoms with Gasteiger partial charge >= 0.3 is 0 Å². The van der Waals surface area contributed by atoms with Crippen molar-refractivity contribution in [2.45, 2.75) is 37.2 Å². The molecule has 0 N–H and O–H groups in total. The van der Waals surface area contributed by atoms with Gasteiger partial charge in [0, 0.05) is 15.7 Å². The van der Waals surface area contributed by atoms with Gasteiger partial charge in [-0.2, -0.15) is 0 Å². The summed E-state index contributed by atoms with van der Waals surface area (Å²) < 4.78 is 6.32. The fourth-order valence-electron chi connectivity index (χ4n) is 1.30. The molecule has 3 heteroatoms. The molecule has 2 unspecified atom stereocenters. The monoisotopic (exact) mass is 305 g/mol. The first kappa shape index (κ1) is 11.8. The first-order chi connectivity index (χ1) is 6.58. The summed E-state index contributed by atoms with van der Waals surface area (Å²) in [4.78, 5) is 4.30. The summed E-state index contributed by atoms with van der Waals surface area (Å²) in [5.74, 6) is 0.731. The number of ether oxygens (including phenoxy) is 1. The molecule has 1 aromatic rings. The molecule has 0 aliphatic rings. The van der Waals surface area contributed by atoms with Gasteiger partial charge in [-0.3, -0.25) is 0 Å². The fourth-order valence-corrected chi connectivity index (χ4v) is 2.01. The second-order valence-electron chi connectivity index (χ2n) is 3.56. The van der Waals surface area contributed by atoms with E-state index in [0.29, 0.717) is 3.92 Å². The number of rotatable bonds is 4. The predicted octanol–water partition coefficient (Wildman–Crippen LogP) is 3.37. The van der Waals surface area contributed by atoms with Crippen LogP contribution in [-0.2, 0) is 0 Å². The Balaban J connectivity index is 2.51. The molecule has 0 aromatic carbocycles. The molecule has 2 atom stereocenters. The first-order valence-corrected chi connectivity index (χ1v) is 6.07. The molecule has 0 bridgehead atoms. The highest BCUT2D eigenvalue weighted by Gasteiger charge is 2.07. The summed E-state index contributed by atoms with van der Waals surface area (Å²) in [6, 6.07) is 5.84. The van der Waals surface area contributed by atoms with Crippen LogP contribution in [0.15, 0.2) is 18.2 Å². The smallest absolute Gasteiger partial charge is 0.213 e. The summed E-state index contributed by atoms with van der Waals surface area (Å²) in [5, 5.41) is 0. The standard InChI is InChI=1S/C11H16INO/c1-8(12)7-10(3)14-11-6-4-5-9(2)13-11/h4-6,8,10H,7H2,1-3H3. The van der Waals surface area contributed by atoms with Gasteiger partial charge in [0.05, 0.1) is 6.10 Å². The Morgan fingerprint density at radius 2 is 2.14 bits per heavy atom. The molecule has 2 nitrogen and oxygen atoms in total. The number of alkyl halides is 1. The molecule has 0 amide bonds. The van der Waals surface area contributed by atoms with Gasteiger partial charge in [0.25, 0.3) is 0 Å². The van der Waals surface area contributed by atoms with Crippen molar-refractivity contribution >= 4 is 22.6 Å². The van der Waals surface area contributed by atoms with Crippen LogP contribution in [0, 0.1) is 6.92 Å². The third-order valence-electron chi connectivity index (χ3n) is 1.84. The number of aryl methyl sites for hydroxylation is 1. The molecule has 0 fully saturated rings. The molecule has 1 heterocycles. The minimum Gasteiger partial charge on any atom is -0.475 e. The van der Waals surface area contributed by atoms with E-state index in [-0.39, 0.29) is 6.10 Å². The topological polar surface area (TPSA) is 22.1 Å². The van der Waals surface area contributed by atoms with Crippen molar-refractivity contribution < 1.29 is 4.74 Å². The highest BCUT2D eigenvalue weighted by atomic mass is 127. The Bertz CT molecular complexity index is 288. The lowest BCUT2D eigenvalue weighted by molar-refractivity contribution is 0.204. The fraction of sp³-hybridized carbons (Fsp3) is 0.545. The lowest BCUT2D eigenvalue weighted by atomic mass is 10.2. The highest BCUT2D eigenvalue weighted by molar-refractivity contribution is 14.1. The van der Waals surface area contributed by atoms with E-state index >= 15 is 0 Å². The second kappa shape index (κ2) is 5.53. The van der Waals surface area contributed by atoms with Gasteiger partial charge in [-0.05, 0) is 26.3 Å². The van der Waals surface area contributed by atoms with Crippen molar-refractivity contribution in [1.82, 2.24) is 4.98 Å². The van der Waals surface area contributed by atoms with Gasteiger partial charge in [-0.15, -0.1) is 0 Å². The van der Waals surface area contributed by atoms with E-state index in [9.17, 15) is 0 Å². The van der Waals surface area contributed by atoms with Crippen LogP contribution in [0.5, 0.6) is 5.88 Å². The van der Waals surface area contributed by atoms with Crippen molar-refractivity contribution in [3.63, 3.8) is 0 Å². The predicted molar refractivity (Wildman–Crippen MR) is 67.2 cm³/mol. The number of nitrogens with zero attached hydrogens (tertiary/aromatic N) is 1. The molecule has 1 rings (SSSR count). The molecule has 1 aromatic heterocycles. The second-order valence-corrected chi connectivity index (χ2v) is 5.69. The SMILES string of the molecule is Cc1cccc(OC(C)CC(C)I)n1. The van der Waals surface area contributed by atoms with Crippen LogP contribution in [-0.4, -0.2) is 15.0 Å². The lowest BCUT2D eigenvalue weighted by Gasteiger charge is -2.15. The Labute approximate surface area is 99.2 Å². The van der Waals surface area contributed by atoms with E-state index in [1.807, 2.05) is 25.1 Å². The molecule has 0 saturated heterocycles. The molecule has 78 valence electrons. The number of pyridine rings is 1. The summed E-state index contributed by atoms with van der Waals surface area (Å²) >= 11 is 2.41. The normalized spacial score (nSPS) is 14.9. The third kappa shape index (κ3) is 4.26. The van der Waals surface area contributed by atoms with Crippen LogP contribution >= 0.6 is 22.6 Å². The molecule has 14 heavy (non-hydrogen) atoms. The maximum absolute atomic E-state index is 5.69. The van der Waals surface area contributed by atoms with Crippen LogP contribution in [0.3, 0.4) is 0 Å². The number of halogens is 1. The van der Waals surface area contributed by atoms with E-state index < -0.39 is 0 Å². The average Bonchev–Trinajstić information content (AvgIpc) is 2.01. The average molecular weight is 305 g/mol. The molecular weight excluding hydrogens is 289 g/mol. The Kier molecular flexibility index (Phi) is 4.65. The number of hydrogen-bond donors (Lipinski definition) is 0. The maximum Gasteiger partial charge on any atom is 0.213 e. The van der Waals surface area contributed by atoms with Gasteiger partial charge in [-0.25, -0.2) is 4.98 Å². The van der Waals surface area contributed by atoms with Gasteiger partial charge in [0.1, 0.15) is 0 Å². The summed E-state index contributed by atoms with van der Waals surface area (Å²) in [5.41, 5.74) is 0.997. The number of aromatic nitrogens is 1. The van der Waals surface area contributed by atoms with Crippen molar-refractivity contribution in [2.24, 2.45) is 0 Å². The van der Waals surface area contributed by atoms with Gasteiger partial charge in [0.2, 0.25) is 5.88 Å². The van der Waals surface area contributed by atoms with Crippen LogP contribution in [0.1, 0.15) is 26.0 Å². The molecule has 0 radical (unpaired) electrons. The quantitative estimate of drug-likeness (QED) is 0.628. The van der Waals surface area contributed by atoms with E-state index in [0.717, 1.165) is 18.0 Å². The molecular formula is C11H16INO. The van der Waals surface area contributed by atoms with E-state index in [2.05, 4.69) is 41.4 Å². The van der Waals surface area contributed by atoms with Crippen molar-refractivity contribution in [3.05, 3.63) is 23.9 Å². The van der Waals surface area contributed by atoms with Crippen LogP contribution in [0.2, 0.25) is 0 Å². The van der Waals surface area contributed by atoms with Crippen LogP contribution in [0.4, 0.5) is 0 Å². The molecule has 0 saturated carbocycles. The van der Waals surface area contributed by atoms with E-state index in [1.165, 1.54) is 0 Å². The summed E-state index contributed by atoms with van der Waals surface area (Å²) in [6.07, 6.45) is 1.28. The van der Waals surface area contributed by atoms with Crippen molar-refractivity contribution in [2.75, 3.05) is 0 Å². The highest BCUT2D eigenvalue weighted by Crippen LogP contribution is 2.14. The van der Waals surface area contributed by atoms with Gasteiger partial charge in [-0.1, -0.05) is 35.6 Å². The van der Waals surface area contributed by atoms with Gasteiger partial charge in [0.15, 0.2) is 0 Å². The Morgan fingerprint density at radius 3 is 2.71 bits per heavy atom. The minimum atomic E-state index is 0.233. The third-order valence-corrected chi connectivity index (χ3v) is 2.35. The van der Waals surface area contributed by atoms with Crippen LogP contribution < -0.4 is 4.74 Å². The van der Waals surface area contributed by atoms with Gasteiger partial charge < -0.3 is 4.74 Å². The Morgan fingerprint density at radius 1 is 1.43 bits per heavy atom. The van der Waals surface area contributed by atoms with Crippen LogP contribution in [0.25, 0.3) is 0 Å². The molecule has 0 spiro atoms. The first-order valence-electron chi connectivity index (χ1n) is 4.82. The number of hydrogen-bond acceptors (Lipinski definition) is 2. The summed E-state index contributed by atoms with van der Waals surface area (Å²) in [7, 11) is 0. The zero-order chi connectivity index (χ0) is 10.6. The Hall–Kier alpha value is -0.320. The maximum atomic E-state index is 5.69.